The van der Waals surface area contributed by atoms with Gasteiger partial charge in [-0.15, -0.1) is 5.10 Å². The van der Waals surface area contributed by atoms with E-state index in [4.69, 9.17) is 42.1 Å². The van der Waals surface area contributed by atoms with E-state index in [1.165, 1.54) is 60.7 Å². The first-order chi connectivity index (χ1) is 61.4. The highest BCUT2D eigenvalue weighted by Gasteiger charge is 2.50. The summed E-state index contributed by atoms with van der Waals surface area (Å²) in [5.74, 6) is 2.54. The molecule has 0 radical (unpaired) electrons. The topological polar surface area (TPSA) is 218 Å². The summed E-state index contributed by atoms with van der Waals surface area (Å²) in [4.78, 5) is 80.2. The van der Waals surface area contributed by atoms with E-state index in [2.05, 4.69) is 40.2 Å². The zero-order chi connectivity index (χ0) is 86.9. The standard InChI is InChI=1S/C25H23ClFN3O2.C25H23F2N3O2.C25H26FN3O2.C23H22ClFN4O2/c26-17-3-10-21(24-28-12-1-13-29-24)22(14-17)25(31)30-19-6-2-16(23(30)11-7-19)15-32-20-8-4-18(27)5-9-20;26-17-3-8-20(9-4-17)32-15-16-2-6-19-7-11-23(16)30(19)25(31)22-14-18(27)5-10-21(22)24-28-12-1-13-29-24;1-17-3-11-24(28-14-2-13-27-28)22(15-17)25(30)29-20-7-4-18(23(29)12-8-20)16-31-21-9-5-19(26)6-10-21;24-16-2-9-22(28-12-11-26-27-28)20(13-16)23(30)29-18-5-1-15(21(29)10-6-18)14-31-19-7-3-17(25)4-8-19/h2*1,3-5,8-10,12-14,16,19,23H,2,6-7,11,15H2;2-3,5-6,9-11,13-15,18,20,23H,4,7-8,12,16H2,1H3;2-4,7-9,11-13,15,18,21H,1,5-6,10,14H2/t2*16-,19?,23?;18-,20?,23?;15-,18?,21?/m1111/s1. The predicted molar refractivity (Wildman–Crippen MR) is 465 cm³/mol. The average Bonchev–Trinajstić information content (AvgIpc) is 1.60. The van der Waals surface area contributed by atoms with Crippen molar-refractivity contribution in [2.24, 2.45) is 23.7 Å². The van der Waals surface area contributed by atoms with Gasteiger partial charge in [-0.2, -0.15) is 5.10 Å². The van der Waals surface area contributed by atoms with Crippen molar-refractivity contribution >= 4 is 46.8 Å². The Labute approximate surface area is 736 Å². The summed E-state index contributed by atoms with van der Waals surface area (Å²) in [5, 5.41) is 13.3. The van der Waals surface area contributed by atoms with Crippen LogP contribution in [-0.2, 0) is 0 Å². The number of aryl methyl sites for hydroxylation is 1. The molecule has 8 aliphatic heterocycles. The van der Waals surface area contributed by atoms with E-state index in [1.807, 2.05) is 58.2 Å². The molecule has 8 unspecified atom stereocenters. The van der Waals surface area contributed by atoms with Crippen molar-refractivity contribution in [1.29, 1.82) is 0 Å². The molecule has 4 amide bonds. The molecule has 8 saturated heterocycles. The molecule has 0 N–H and O–H groups in total. The van der Waals surface area contributed by atoms with Gasteiger partial charge in [0.2, 0.25) is 0 Å². The summed E-state index contributed by atoms with van der Waals surface area (Å²) < 4.78 is 93.9. The van der Waals surface area contributed by atoms with Gasteiger partial charge in [-0.25, -0.2) is 51.3 Å². The molecular weight excluding hydrogens is 1650 g/mol. The van der Waals surface area contributed by atoms with Gasteiger partial charge in [0, 0.05) is 130 Å². The van der Waals surface area contributed by atoms with E-state index < -0.39 is 5.82 Å². The van der Waals surface area contributed by atoms with Crippen molar-refractivity contribution in [2.45, 2.75) is 158 Å². The third-order valence-corrected chi connectivity index (χ3v) is 26.4. The van der Waals surface area contributed by atoms with Gasteiger partial charge in [0.1, 0.15) is 52.1 Å². The Kier molecular flexibility index (Phi) is 26.5. The molecule has 8 bridgehead atoms. The number of carbonyl (C=O) groups excluding carboxylic acids is 4. The molecule has 0 spiro atoms. The van der Waals surface area contributed by atoms with Crippen molar-refractivity contribution < 1.29 is 60.1 Å². The smallest absolute Gasteiger partial charge is 0.256 e. The van der Waals surface area contributed by atoms with Crippen LogP contribution in [0, 0.1) is 59.7 Å². The molecule has 21 nitrogen and oxygen atoms in total. The lowest BCUT2D eigenvalue weighted by Gasteiger charge is -2.40. The number of nitrogens with zero attached hydrogens (tertiary/aromatic N) is 13. The largest absolute Gasteiger partial charge is 0.493 e. The Hall–Kier alpha value is -12.4. The maximum absolute atomic E-state index is 14.2. The van der Waals surface area contributed by atoms with Crippen LogP contribution in [0.5, 0.6) is 23.0 Å². The molecule has 648 valence electrons. The minimum atomic E-state index is -0.464. The molecule has 12 heterocycles. The van der Waals surface area contributed by atoms with Crippen LogP contribution in [0.15, 0.2) is 238 Å². The summed E-state index contributed by atoms with van der Waals surface area (Å²) in [7, 11) is 0. The molecule has 0 aliphatic carbocycles. The Bertz CT molecular complexity index is 5410. The number of hydrogen-bond acceptors (Lipinski definition) is 15. The first kappa shape index (κ1) is 85.7. The normalized spacial score (nSPS) is 22.3. The highest BCUT2D eigenvalue weighted by Crippen LogP contribution is 2.47. The van der Waals surface area contributed by atoms with Crippen molar-refractivity contribution in [3.63, 3.8) is 0 Å². The van der Waals surface area contributed by atoms with Gasteiger partial charge < -0.3 is 38.5 Å². The van der Waals surface area contributed by atoms with Gasteiger partial charge in [-0.05, 0) is 292 Å². The number of aromatic nitrogens is 9. The predicted octanol–water partition coefficient (Wildman–Crippen LogP) is 19.6. The fourth-order valence-electron chi connectivity index (χ4n) is 19.9. The van der Waals surface area contributed by atoms with Crippen LogP contribution >= 0.6 is 23.2 Å². The van der Waals surface area contributed by atoms with Crippen molar-refractivity contribution in [3.8, 4) is 57.1 Å². The lowest BCUT2D eigenvalue weighted by Crippen LogP contribution is -2.49. The lowest BCUT2D eigenvalue weighted by atomic mass is 9.89. The van der Waals surface area contributed by atoms with Gasteiger partial charge in [0.15, 0.2) is 11.6 Å². The van der Waals surface area contributed by atoms with Gasteiger partial charge in [0.25, 0.3) is 23.6 Å². The molecule has 12 aromatic rings. The molecule has 8 aromatic carbocycles. The number of rotatable bonds is 20. The summed E-state index contributed by atoms with van der Waals surface area (Å²) >= 11 is 12.5. The van der Waals surface area contributed by atoms with Crippen LogP contribution in [0.1, 0.15) is 150 Å². The Morgan fingerprint density at radius 2 is 0.675 bits per heavy atom. The van der Waals surface area contributed by atoms with Gasteiger partial charge in [0.05, 0.1) is 72.4 Å². The molecule has 28 heteroatoms. The lowest BCUT2D eigenvalue weighted by molar-refractivity contribution is 0.0399. The van der Waals surface area contributed by atoms with Crippen molar-refractivity contribution in [2.75, 3.05) is 26.4 Å². The Morgan fingerprint density at radius 3 is 1.06 bits per heavy atom. The monoisotopic (exact) mass is 1750 g/mol. The Balaban J connectivity index is 0.000000119. The van der Waals surface area contributed by atoms with E-state index in [9.17, 15) is 41.1 Å². The molecular formula is C98H94Cl2F5N13O8. The number of fused-ring (bicyclic) bond motifs is 8. The fourth-order valence-corrected chi connectivity index (χ4v) is 20.2. The maximum atomic E-state index is 14.2. The van der Waals surface area contributed by atoms with E-state index in [-0.39, 0.29) is 124 Å². The highest BCUT2D eigenvalue weighted by atomic mass is 35.5. The van der Waals surface area contributed by atoms with Gasteiger partial charge >= 0.3 is 0 Å². The quantitative estimate of drug-likeness (QED) is 0.0648. The zero-order valence-electron chi connectivity index (χ0n) is 69.3. The number of piperidine rings is 4. The molecule has 126 heavy (non-hydrogen) atoms. The molecule has 0 saturated carbocycles. The first-order valence-corrected chi connectivity index (χ1v) is 43.9. The third kappa shape index (κ3) is 19.3. The minimum absolute atomic E-state index is 0.0227. The highest BCUT2D eigenvalue weighted by molar-refractivity contribution is 6.31. The van der Waals surface area contributed by atoms with Crippen LogP contribution in [0.4, 0.5) is 22.0 Å². The van der Waals surface area contributed by atoms with Crippen LogP contribution in [0.25, 0.3) is 34.2 Å². The van der Waals surface area contributed by atoms with Crippen molar-refractivity contribution in [3.05, 3.63) is 305 Å². The molecule has 20 rings (SSSR count). The second-order valence-corrected chi connectivity index (χ2v) is 34.3. The minimum Gasteiger partial charge on any atom is -0.493 e. The van der Waals surface area contributed by atoms with Crippen molar-refractivity contribution in [1.82, 2.24) is 64.3 Å². The summed E-state index contributed by atoms with van der Waals surface area (Å²) in [6, 6.07) is 51.4. The molecule has 8 fully saturated rings. The van der Waals surface area contributed by atoms with Gasteiger partial charge in [-0.1, -0.05) is 40.0 Å². The average molecular weight is 1750 g/mol. The van der Waals surface area contributed by atoms with Crippen LogP contribution in [0.3, 0.4) is 0 Å². The van der Waals surface area contributed by atoms with Gasteiger partial charge in [-0.3, -0.25) is 19.2 Å². The number of benzene rings is 8. The summed E-state index contributed by atoms with van der Waals surface area (Å²) in [6.45, 7) is 3.99. The first-order valence-electron chi connectivity index (χ1n) is 43.1. The second kappa shape index (κ2) is 39.0. The Morgan fingerprint density at radius 1 is 0.341 bits per heavy atom. The van der Waals surface area contributed by atoms with E-state index in [0.29, 0.717) is 105 Å². The van der Waals surface area contributed by atoms with Crippen LogP contribution in [0.2, 0.25) is 10.0 Å². The van der Waals surface area contributed by atoms with Crippen LogP contribution in [-0.4, -0.2) is 163 Å². The number of ether oxygens (including phenoxy) is 4. The van der Waals surface area contributed by atoms with E-state index in [0.717, 1.165) is 114 Å². The second-order valence-electron chi connectivity index (χ2n) is 33.5. The fraction of sp³-hybridized carbons (Fsp3) is 0.337. The summed E-state index contributed by atoms with van der Waals surface area (Å²) in [6.07, 6.45) is 28.9. The third-order valence-electron chi connectivity index (χ3n) is 25.9. The molecule has 8 aliphatic rings. The number of amides is 4. The van der Waals surface area contributed by atoms with E-state index >= 15 is 0 Å². The number of carbonyl (C=O) groups is 4. The SMILES string of the molecule is Cc1ccc(-n2cccn2)c(C(=O)N2C3CCC2[C@@H](COc2ccc(F)cc2)CC3)c1.O=C(c1cc(Cl)ccc1-c1ncccn1)N1C2CCC1[C@@H](COc1ccc(F)cc1)CC2.O=C(c1cc(Cl)ccc1-n1ccnn1)N1C2CCC1[C@@H](COc1ccc(F)cc1)CC2.O=C(c1cc(F)ccc1-c1ncccn1)N1C2CCC1[C@@H](COc1ccc(F)cc1)CC2. The number of halogens is 7. The number of hydrogen-bond donors (Lipinski definition) is 0. The maximum Gasteiger partial charge on any atom is 0.256 e. The summed E-state index contributed by atoms with van der Waals surface area (Å²) in [5.41, 5.74) is 5.77. The molecule has 12 atom stereocenters. The van der Waals surface area contributed by atoms with E-state index in [1.54, 1.807) is 150 Å². The van der Waals surface area contributed by atoms with Crippen LogP contribution < -0.4 is 18.9 Å². The zero-order valence-corrected chi connectivity index (χ0v) is 70.8. The molecule has 4 aromatic heterocycles.